The first kappa shape index (κ1) is 23.3. The number of likely N-dealkylation sites (N-methyl/N-ethyl adjacent to an activating group) is 1. The fraction of sp³-hybridized carbons (Fsp3) is 0.360. The molecule has 3 rings (SSSR count). The number of fused-ring (bicyclic) bond motifs is 3. The monoisotopic (exact) mass is 431 g/mol. The molecule has 0 saturated carbocycles. The molecule has 32 heavy (non-hydrogen) atoms. The Morgan fingerprint density at radius 1 is 1.44 bits per heavy atom. The highest BCUT2D eigenvalue weighted by molar-refractivity contribution is 6.05. The molecule has 1 aliphatic rings. The third-order valence-corrected chi connectivity index (χ3v) is 5.35. The van der Waals surface area contributed by atoms with Crippen LogP contribution < -0.4 is 5.32 Å². The summed E-state index contributed by atoms with van der Waals surface area (Å²) in [6, 6.07) is 0. The molecule has 1 unspecified atom stereocenters. The molecule has 2 N–H and O–H groups in total. The smallest absolute Gasteiger partial charge is 0.184 e. The minimum atomic E-state index is 0.217. The lowest BCUT2D eigenvalue weighted by Crippen LogP contribution is -2.20. The standard InChI is InChI=1S/C25H33N7/c1-7-9-10-18(4)27-12-11-20(13-17(3)8-2)21-14-29-32-23(21)16-28-22(15-26-6)24-19(5)30-31-25(24)32/h8-10,12-14,17,26H,2,4,7,11,15-16H2,1,3,5-6H3,(H,30,31)/b10-9-,20-13+,27-12?. The van der Waals surface area contributed by atoms with Crippen molar-refractivity contribution in [3.05, 3.63) is 71.9 Å². The molecule has 0 saturated heterocycles. The van der Waals surface area contributed by atoms with Gasteiger partial charge in [0.2, 0.25) is 0 Å². The van der Waals surface area contributed by atoms with Crippen LogP contribution in [0.1, 0.15) is 49.2 Å². The molecule has 1 aliphatic heterocycles. The van der Waals surface area contributed by atoms with E-state index in [4.69, 9.17) is 10.1 Å². The van der Waals surface area contributed by atoms with Gasteiger partial charge in [-0.05, 0) is 38.0 Å². The van der Waals surface area contributed by atoms with Crippen molar-refractivity contribution in [2.45, 2.75) is 40.2 Å². The second kappa shape index (κ2) is 10.8. The van der Waals surface area contributed by atoms with Crippen LogP contribution in [0.2, 0.25) is 0 Å². The predicted molar refractivity (Wildman–Crippen MR) is 134 cm³/mol. The molecule has 2 aromatic rings. The summed E-state index contributed by atoms with van der Waals surface area (Å²) < 4.78 is 1.91. The highest BCUT2D eigenvalue weighted by atomic mass is 15.4. The molecule has 0 aliphatic carbocycles. The van der Waals surface area contributed by atoms with Gasteiger partial charge in [-0.2, -0.15) is 10.2 Å². The number of rotatable bonds is 10. The maximum absolute atomic E-state index is 4.91. The van der Waals surface area contributed by atoms with Crippen molar-refractivity contribution in [1.82, 2.24) is 25.3 Å². The maximum atomic E-state index is 4.91. The van der Waals surface area contributed by atoms with Gasteiger partial charge >= 0.3 is 0 Å². The zero-order chi connectivity index (χ0) is 23.1. The molecule has 7 heteroatoms. The average molecular weight is 432 g/mol. The number of hydrogen-bond donors (Lipinski definition) is 2. The number of aliphatic imine (C=N–C) groups is 2. The largest absolute Gasteiger partial charge is 0.314 e. The molecular formula is C25H33N7. The van der Waals surface area contributed by atoms with E-state index in [1.54, 1.807) is 0 Å². The van der Waals surface area contributed by atoms with E-state index >= 15 is 0 Å². The quantitative estimate of drug-likeness (QED) is 0.328. The van der Waals surface area contributed by atoms with Gasteiger partial charge in [-0.25, -0.2) is 4.68 Å². The summed E-state index contributed by atoms with van der Waals surface area (Å²) in [7, 11) is 1.92. The lowest BCUT2D eigenvalue weighted by molar-refractivity contribution is 0.779. The van der Waals surface area contributed by atoms with Crippen molar-refractivity contribution in [3.8, 4) is 5.82 Å². The van der Waals surface area contributed by atoms with Gasteiger partial charge in [0.25, 0.3) is 0 Å². The zero-order valence-electron chi connectivity index (χ0n) is 19.5. The highest BCUT2D eigenvalue weighted by Crippen LogP contribution is 2.29. The molecule has 0 bridgehead atoms. The van der Waals surface area contributed by atoms with Crippen LogP contribution in [-0.4, -0.2) is 45.5 Å². The number of hydrogen-bond acceptors (Lipinski definition) is 5. The Morgan fingerprint density at radius 3 is 2.97 bits per heavy atom. The van der Waals surface area contributed by atoms with E-state index in [9.17, 15) is 0 Å². The third kappa shape index (κ3) is 5.11. The Bertz CT molecular complexity index is 1090. The van der Waals surface area contributed by atoms with Crippen molar-refractivity contribution in [3.63, 3.8) is 0 Å². The number of nitrogens with zero attached hydrogens (tertiary/aromatic N) is 5. The van der Waals surface area contributed by atoms with Crippen LogP contribution in [-0.2, 0) is 6.54 Å². The van der Waals surface area contributed by atoms with Crippen LogP contribution in [0.15, 0.2) is 59.3 Å². The molecule has 168 valence electrons. The summed E-state index contributed by atoms with van der Waals surface area (Å²) in [5.41, 5.74) is 6.94. The fourth-order valence-corrected chi connectivity index (χ4v) is 3.66. The summed E-state index contributed by atoms with van der Waals surface area (Å²) in [5, 5.41) is 15.5. The van der Waals surface area contributed by atoms with E-state index in [0.717, 1.165) is 51.7 Å². The van der Waals surface area contributed by atoms with Gasteiger partial charge in [-0.3, -0.25) is 15.1 Å². The van der Waals surface area contributed by atoms with Crippen molar-refractivity contribution >= 4 is 17.5 Å². The molecular weight excluding hydrogens is 398 g/mol. The van der Waals surface area contributed by atoms with E-state index in [-0.39, 0.29) is 5.92 Å². The summed E-state index contributed by atoms with van der Waals surface area (Å²) in [4.78, 5) is 9.41. The van der Waals surface area contributed by atoms with Crippen LogP contribution in [0, 0.1) is 12.8 Å². The van der Waals surface area contributed by atoms with Crippen molar-refractivity contribution in [2.75, 3.05) is 13.6 Å². The predicted octanol–water partition coefficient (Wildman–Crippen LogP) is 4.57. The molecule has 1 atom stereocenters. The lowest BCUT2D eigenvalue weighted by Gasteiger charge is -2.09. The topological polar surface area (TPSA) is 83.2 Å². The first-order valence-corrected chi connectivity index (χ1v) is 11.0. The molecule has 3 heterocycles. The minimum Gasteiger partial charge on any atom is -0.314 e. The van der Waals surface area contributed by atoms with Gasteiger partial charge < -0.3 is 5.32 Å². The van der Waals surface area contributed by atoms with Gasteiger partial charge in [0.15, 0.2) is 5.82 Å². The fourth-order valence-electron chi connectivity index (χ4n) is 3.66. The molecule has 7 nitrogen and oxygen atoms in total. The van der Waals surface area contributed by atoms with Crippen molar-refractivity contribution in [1.29, 1.82) is 0 Å². The molecule has 0 radical (unpaired) electrons. The van der Waals surface area contributed by atoms with Gasteiger partial charge in [-0.1, -0.05) is 38.7 Å². The van der Waals surface area contributed by atoms with E-state index in [0.29, 0.717) is 19.5 Å². The Balaban J connectivity index is 2.01. The maximum Gasteiger partial charge on any atom is 0.184 e. The molecule has 0 amide bonds. The second-order valence-corrected chi connectivity index (χ2v) is 7.86. The van der Waals surface area contributed by atoms with E-state index in [1.165, 1.54) is 0 Å². The van der Waals surface area contributed by atoms with E-state index in [1.807, 2.05) is 43.2 Å². The summed E-state index contributed by atoms with van der Waals surface area (Å²) >= 11 is 0. The first-order chi connectivity index (χ1) is 15.5. The average Bonchev–Trinajstić information content (AvgIpc) is 3.33. The zero-order valence-corrected chi connectivity index (χ0v) is 19.5. The SMILES string of the molecule is C=CC(C)/C=C(\CC=NC(=C)/C=C\CC)c1cnn2c1CN=C(CNC)c1c-2n[nH]c1C. The first-order valence-electron chi connectivity index (χ1n) is 11.0. The van der Waals surface area contributed by atoms with E-state index in [2.05, 4.69) is 59.7 Å². The molecule has 2 aromatic heterocycles. The Labute approximate surface area is 190 Å². The Hall–Kier alpha value is -3.32. The summed E-state index contributed by atoms with van der Waals surface area (Å²) in [6.07, 6.45) is 13.6. The second-order valence-electron chi connectivity index (χ2n) is 7.86. The van der Waals surface area contributed by atoms with Crippen molar-refractivity contribution in [2.24, 2.45) is 15.9 Å². The number of aryl methyl sites for hydroxylation is 1. The van der Waals surface area contributed by atoms with Crippen LogP contribution in [0.25, 0.3) is 11.4 Å². The minimum absolute atomic E-state index is 0.217. The van der Waals surface area contributed by atoms with Crippen LogP contribution in [0.5, 0.6) is 0 Å². The van der Waals surface area contributed by atoms with Crippen LogP contribution in [0.4, 0.5) is 0 Å². The van der Waals surface area contributed by atoms with Gasteiger partial charge in [0.1, 0.15) is 0 Å². The lowest BCUT2D eigenvalue weighted by atomic mass is 9.98. The van der Waals surface area contributed by atoms with Crippen LogP contribution in [0.3, 0.4) is 0 Å². The highest BCUT2D eigenvalue weighted by Gasteiger charge is 2.25. The number of H-pyrrole nitrogens is 1. The number of allylic oxidation sites excluding steroid dienone is 5. The molecule has 0 aromatic carbocycles. The third-order valence-electron chi connectivity index (χ3n) is 5.35. The van der Waals surface area contributed by atoms with Gasteiger partial charge in [0, 0.05) is 30.4 Å². The van der Waals surface area contributed by atoms with E-state index < -0.39 is 0 Å². The summed E-state index contributed by atoms with van der Waals surface area (Å²) in [5.74, 6) is 1.01. The van der Waals surface area contributed by atoms with Crippen LogP contribution >= 0.6 is 0 Å². The Kier molecular flexibility index (Phi) is 7.89. The number of aromatic amines is 1. The molecule has 0 spiro atoms. The number of nitrogens with one attached hydrogen (secondary N) is 2. The number of aromatic nitrogens is 4. The Morgan fingerprint density at radius 2 is 2.25 bits per heavy atom. The van der Waals surface area contributed by atoms with Gasteiger partial charge in [-0.15, -0.1) is 6.58 Å². The molecule has 0 fully saturated rings. The van der Waals surface area contributed by atoms with Crippen molar-refractivity contribution < 1.29 is 0 Å². The summed E-state index contributed by atoms with van der Waals surface area (Å²) in [6.45, 7) is 15.4. The van der Waals surface area contributed by atoms with Gasteiger partial charge in [0.05, 0.1) is 35.4 Å². The normalized spacial score (nSPS) is 14.9.